The Morgan fingerprint density at radius 1 is 1.28 bits per heavy atom. The van der Waals surface area contributed by atoms with Crippen LogP contribution in [0.5, 0.6) is 11.5 Å². The molecule has 0 saturated heterocycles. The van der Waals surface area contributed by atoms with Crippen LogP contribution in [0.15, 0.2) is 29.3 Å². The summed E-state index contributed by atoms with van der Waals surface area (Å²) in [6, 6.07) is 4.17. The lowest BCUT2D eigenvalue weighted by Gasteiger charge is -2.23. The summed E-state index contributed by atoms with van der Waals surface area (Å²) in [5.74, 6) is -0.645. The average molecular weight is 369 g/mol. The molecule has 2 aromatic rings. The van der Waals surface area contributed by atoms with Gasteiger partial charge < -0.3 is 14.6 Å². The van der Waals surface area contributed by atoms with Gasteiger partial charge in [0.25, 0.3) is 10.0 Å². The molecule has 0 radical (unpaired) electrons. The molecule has 0 fully saturated rings. The summed E-state index contributed by atoms with van der Waals surface area (Å²) in [5, 5.41) is 13.2. The molecule has 10 heteroatoms. The number of ether oxygens (including phenoxy) is 2. The number of rotatable bonds is 7. The molecule has 0 bridgehead atoms. The van der Waals surface area contributed by atoms with Gasteiger partial charge in [0, 0.05) is 19.7 Å². The number of carboxylic acid groups (broad SMARTS) is 1. The normalized spacial score (nSPS) is 11.2. The molecular formula is C15H19N3O6S. The fourth-order valence-corrected chi connectivity index (χ4v) is 3.95. The van der Waals surface area contributed by atoms with Crippen LogP contribution in [0.1, 0.15) is 17.3 Å². The first-order valence-electron chi connectivity index (χ1n) is 7.28. The first-order chi connectivity index (χ1) is 11.8. The molecule has 1 aromatic carbocycles. The Labute approximate surface area is 145 Å². The number of hydrogen-bond acceptors (Lipinski definition) is 6. The Kier molecular flexibility index (Phi) is 5.21. The van der Waals surface area contributed by atoms with Crippen LogP contribution in [0.2, 0.25) is 0 Å². The van der Waals surface area contributed by atoms with Crippen LogP contribution in [0.25, 0.3) is 0 Å². The number of methoxy groups -OCH3 is 2. The number of nitrogens with zero attached hydrogens (tertiary/aromatic N) is 3. The monoisotopic (exact) mass is 369 g/mol. The van der Waals surface area contributed by atoms with Crippen molar-refractivity contribution in [2.45, 2.75) is 11.8 Å². The van der Waals surface area contributed by atoms with E-state index in [2.05, 4.69) is 5.10 Å². The molecule has 0 aliphatic heterocycles. The minimum absolute atomic E-state index is 0.0233. The summed E-state index contributed by atoms with van der Waals surface area (Å²) in [5.41, 5.74) is -0.201. The number of carbonyl (C=O) groups is 1. The second-order valence-corrected chi connectivity index (χ2v) is 6.86. The van der Waals surface area contributed by atoms with E-state index >= 15 is 0 Å². The van der Waals surface area contributed by atoms with Crippen molar-refractivity contribution in [3.8, 4) is 11.5 Å². The standard InChI is InChI=1S/C15H19N3O6S/c1-5-18(14-11(15(19)20)9-16-17(14)2)25(21,22)10-6-7-12(23-3)13(8-10)24-4/h6-9H,5H2,1-4H3,(H,19,20). The molecule has 0 atom stereocenters. The average Bonchev–Trinajstić information content (AvgIpc) is 2.96. The Morgan fingerprint density at radius 2 is 1.92 bits per heavy atom. The van der Waals surface area contributed by atoms with Gasteiger partial charge in [0.2, 0.25) is 0 Å². The van der Waals surface area contributed by atoms with E-state index in [9.17, 15) is 18.3 Å². The molecule has 0 spiro atoms. The van der Waals surface area contributed by atoms with Crippen LogP contribution in [0, 0.1) is 0 Å². The summed E-state index contributed by atoms with van der Waals surface area (Å²) >= 11 is 0. The van der Waals surface area contributed by atoms with Crippen LogP contribution in [0.3, 0.4) is 0 Å². The molecule has 0 unspecified atom stereocenters. The smallest absolute Gasteiger partial charge is 0.341 e. The predicted molar refractivity (Wildman–Crippen MR) is 89.9 cm³/mol. The minimum Gasteiger partial charge on any atom is -0.493 e. The van der Waals surface area contributed by atoms with Crippen LogP contribution in [-0.4, -0.2) is 50.0 Å². The zero-order valence-corrected chi connectivity index (χ0v) is 15.1. The topological polar surface area (TPSA) is 111 Å². The van der Waals surface area contributed by atoms with Crippen molar-refractivity contribution in [3.05, 3.63) is 30.0 Å². The van der Waals surface area contributed by atoms with Crippen molar-refractivity contribution in [1.82, 2.24) is 9.78 Å². The van der Waals surface area contributed by atoms with Crippen LogP contribution in [0.4, 0.5) is 5.82 Å². The van der Waals surface area contributed by atoms with E-state index in [4.69, 9.17) is 9.47 Å². The van der Waals surface area contributed by atoms with Gasteiger partial charge >= 0.3 is 5.97 Å². The summed E-state index contributed by atoms with van der Waals surface area (Å²) in [7, 11) is 0.286. The molecule has 1 N–H and O–H groups in total. The third kappa shape index (κ3) is 3.25. The zero-order chi connectivity index (χ0) is 18.8. The number of aryl methyl sites for hydroxylation is 1. The molecule has 1 aromatic heterocycles. The number of carboxylic acids is 1. The number of anilines is 1. The summed E-state index contributed by atoms with van der Waals surface area (Å²) in [6.07, 6.45) is 1.12. The van der Waals surface area contributed by atoms with E-state index in [0.29, 0.717) is 5.75 Å². The Hall–Kier alpha value is -2.75. The number of hydrogen-bond donors (Lipinski definition) is 1. The quantitative estimate of drug-likeness (QED) is 0.784. The molecule has 136 valence electrons. The first-order valence-corrected chi connectivity index (χ1v) is 8.72. The highest BCUT2D eigenvalue weighted by Crippen LogP contribution is 2.32. The zero-order valence-electron chi connectivity index (χ0n) is 14.3. The van der Waals surface area contributed by atoms with Gasteiger partial charge in [-0.05, 0) is 19.1 Å². The number of sulfonamides is 1. The maximum Gasteiger partial charge on any atom is 0.341 e. The molecule has 0 aliphatic rings. The molecular weight excluding hydrogens is 350 g/mol. The summed E-state index contributed by atoms with van der Waals surface area (Å²) in [4.78, 5) is 11.3. The van der Waals surface area contributed by atoms with Crippen molar-refractivity contribution in [2.24, 2.45) is 7.05 Å². The third-order valence-electron chi connectivity index (χ3n) is 3.60. The van der Waals surface area contributed by atoms with Gasteiger partial charge in [-0.15, -0.1) is 0 Å². The Balaban J connectivity index is 2.61. The molecule has 0 aliphatic carbocycles. The molecule has 9 nitrogen and oxygen atoms in total. The van der Waals surface area contributed by atoms with E-state index in [1.54, 1.807) is 6.92 Å². The van der Waals surface area contributed by atoms with Crippen LogP contribution in [-0.2, 0) is 17.1 Å². The van der Waals surface area contributed by atoms with Crippen molar-refractivity contribution >= 4 is 21.8 Å². The highest BCUT2D eigenvalue weighted by Gasteiger charge is 2.31. The second-order valence-electron chi connectivity index (χ2n) is 5.00. The van der Waals surface area contributed by atoms with E-state index in [-0.39, 0.29) is 28.6 Å². The molecule has 1 heterocycles. The first kappa shape index (κ1) is 18.6. The number of benzene rings is 1. The van der Waals surface area contributed by atoms with Gasteiger partial charge in [-0.2, -0.15) is 5.10 Å². The fourth-order valence-electron chi connectivity index (χ4n) is 2.42. The molecule has 0 amide bonds. The van der Waals surface area contributed by atoms with Gasteiger partial charge in [-0.1, -0.05) is 0 Å². The van der Waals surface area contributed by atoms with Gasteiger partial charge in [0.1, 0.15) is 5.56 Å². The Bertz CT molecular complexity index is 891. The largest absolute Gasteiger partial charge is 0.493 e. The van der Waals surface area contributed by atoms with Crippen LogP contribution >= 0.6 is 0 Å². The third-order valence-corrected chi connectivity index (χ3v) is 5.47. The Morgan fingerprint density at radius 3 is 2.44 bits per heavy atom. The lowest BCUT2D eigenvalue weighted by molar-refractivity contribution is 0.0697. The lowest BCUT2D eigenvalue weighted by atomic mass is 10.3. The SMILES string of the molecule is CCN(c1c(C(=O)O)cnn1C)S(=O)(=O)c1ccc(OC)c(OC)c1. The number of aromatic nitrogens is 2. The predicted octanol–water partition coefficient (Wildman–Crippen LogP) is 1.35. The van der Waals surface area contributed by atoms with E-state index < -0.39 is 16.0 Å². The van der Waals surface area contributed by atoms with Crippen molar-refractivity contribution in [2.75, 3.05) is 25.1 Å². The summed E-state index contributed by atoms with van der Waals surface area (Å²) in [6.45, 7) is 1.63. The lowest BCUT2D eigenvalue weighted by Crippen LogP contribution is -2.33. The van der Waals surface area contributed by atoms with Gasteiger partial charge in [0.05, 0.1) is 25.3 Å². The fraction of sp³-hybridized carbons (Fsp3) is 0.333. The van der Waals surface area contributed by atoms with E-state index in [0.717, 1.165) is 10.5 Å². The van der Waals surface area contributed by atoms with Gasteiger partial charge in [-0.25, -0.2) is 17.5 Å². The molecule has 25 heavy (non-hydrogen) atoms. The highest BCUT2D eigenvalue weighted by atomic mass is 32.2. The second kappa shape index (κ2) is 7.01. The summed E-state index contributed by atoms with van der Waals surface area (Å²) < 4.78 is 38.6. The number of aromatic carboxylic acids is 1. The molecule has 2 rings (SSSR count). The van der Waals surface area contributed by atoms with E-state index in [1.807, 2.05) is 0 Å². The maximum absolute atomic E-state index is 13.1. The van der Waals surface area contributed by atoms with Crippen LogP contribution < -0.4 is 13.8 Å². The van der Waals surface area contributed by atoms with E-state index in [1.165, 1.54) is 44.1 Å². The highest BCUT2D eigenvalue weighted by molar-refractivity contribution is 7.92. The van der Waals surface area contributed by atoms with Crippen molar-refractivity contribution in [1.29, 1.82) is 0 Å². The van der Waals surface area contributed by atoms with Gasteiger partial charge in [-0.3, -0.25) is 4.68 Å². The van der Waals surface area contributed by atoms with Crippen molar-refractivity contribution < 1.29 is 27.8 Å². The molecule has 0 saturated carbocycles. The van der Waals surface area contributed by atoms with Gasteiger partial charge in [0.15, 0.2) is 17.3 Å². The maximum atomic E-state index is 13.1. The minimum atomic E-state index is -4.04. The van der Waals surface area contributed by atoms with Crippen molar-refractivity contribution in [3.63, 3.8) is 0 Å².